The third-order valence-electron chi connectivity index (χ3n) is 8.10. The largest absolute Gasteiger partial charge is 0.423 e. The number of rotatable bonds is 6. The Morgan fingerprint density at radius 2 is 1.90 bits per heavy atom. The van der Waals surface area contributed by atoms with Crippen molar-refractivity contribution in [2.24, 2.45) is 0 Å². The average Bonchev–Trinajstić information content (AvgIpc) is 3.42. The summed E-state index contributed by atoms with van der Waals surface area (Å²) in [6, 6.07) is 12.6. The number of anilines is 1. The molecule has 4 aromatic rings. The number of fused-ring (bicyclic) bond motifs is 1. The first-order valence-corrected chi connectivity index (χ1v) is 14.4. The highest BCUT2D eigenvalue weighted by atomic mass is 79.9. The molecular formula is C30H29BrFN5O4. The Morgan fingerprint density at radius 3 is 2.66 bits per heavy atom. The minimum absolute atomic E-state index is 0.0637. The summed E-state index contributed by atoms with van der Waals surface area (Å²) in [5.41, 5.74) is 1.37. The number of hydrogen-bond acceptors (Lipinski definition) is 6. The average molecular weight is 622 g/mol. The summed E-state index contributed by atoms with van der Waals surface area (Å²) in [5.74, 6) is -0.363. The topological polar surface area (TPSA) is 102 Å². The predicted molar refractivity (Wildman–Crippen MR) is 154 cm³/mol. The van der Waals surface area contributed by atoms with Crippen molar-refractivity contribution >= 4 is 44.4 Å². The standard InChI is InChI=1S/C30H29BrFN5O4/c1-18-5-10-22-19(2)23(29(40)41-25(22)14-18)11-12-27(38)35-16-30(32,17-35)26-15-37(34-33-26)24-4-3-13-36(28(24)39)21-8-6-20(31)7-9-21/h5-10,14-15,24H,3-4,11-13,16-17H2,1-2H3. The molecule has 0 radical (unpaired) electrons. The molecular weight excluding hydrogens is 593 g/mol. The Hall–Kier alpha value is -3.86. The summed E-state index contributed by atoms with van der Waals surface area (Å²) in [6.45, 7) is 4.07. The third kappa shape index (κ3) is 5.07. The second-order valence-corrected chi connectivity index (χ2v) is 11.8. The van der Waals surface area contributed by atoms with Crippen LogP contribution >= 0.6 is 15.9 Å². The minimum atomic E-state index is -1.84. The summed E-state index contributed by atoms with van der Waals surface area (Å²) in [6.07, 6.45) is 3.12. The van der Waals surface area contributed by atoms with Gasteiger partial charge in [0.2, 0.25) is 5.91 Å². The van der Waals surface area contributed by atoms with E-state index in [2.05, 4.69) is 26.2 Å². The summed E-state index contributed by atoms with van der Waals surface area (Å²) in [4.78, 5) is 41.9. The van der Waals surface area contributed by atoms with Crippen molar-refractivity contribution in [2.75, 3.05) is 24.5 Å². The van der Waals surface area contributed by atoms with E-state index < -0.39 is 17.3 Å². The van der Waals surface area contributed by atoms with E-state index in [-0.39, 0.29) is 43.4 Å². The quantitative estimate of drug-likeness (QED) is 0.287. The Bertz CT molecular complexity index is 1710. The molecule has 2 fully saturated rings. The molecule has 6 rings (SSSR count). The molecule has 0 saturated carbocycles. The van der Waals surface area contributed by atoms with Gasteiger partial charge in [-0.15, -0.1) is 5.10 Å². The van der Waals surface area contributed by atoms with Gasteiger partial charge in [-0.2, -0.15) is 0 Å². The first-order chi connectivity index (χ1) is 19.6. The number of piperidine rings is 1. The highest BCUT2D eigenvalue weighted by Gasteiger charge is 2.49. The van der Waals surface area contributed by atoms with Crippen LogP contribution < -0.4 is 10.5 Å². The monoisotopic (exact) mass is 621 g/mol. The van der Waals surface area contributed by atoms with Crippen LogP contribution in [-0.2, 0) is 21.7 Å². The summed E-state index contributed by atoms with van der Waals surface area (Å²) < 4.78 is 23.6. The molecule has 0 bridgehead atoms. The number of halogens is 2. The first-order valence-electron chi connectivity index (χ1n) is 13.6. The lowest BCUT2D eigenvalue weighted by Gasteiger charge is -2.43. The number of aryl methyl sites for hydroxylation is 2. The molecule has 1 atom stereocenters. The predicted octanol–water partition coefficient (Wildman–Crippen LogP) is 4.77. The Balaban J connectivity index is 1.09. The summed E-state index contributed by atoms with van der Waals surface area (Å²) in [5, 5.41) is 8.98. The maximum absolute atomic E-state index is 15.7. The lowest BCUT2D eigenvalue weighted by molar-refractivity contribution is -0.146. The van der Waals surface area contributed by atoms with Crippen LogP contribution in [-0.4, -0.2) is 51.3 Å². The Kier molecular flexibility index (Phi) is 7.01. The molecule has 1 unspecified atom stereocenters. The highest BCUT2D eigenvalue weighted by molar-refractivity contribution is 9.10. The number of carbonyl (C=O) groups excluding carboxylic acids is 2. The molecule has 2 aliphatic rings. The van der Waals surface area contributed by atoms with Crippen LogP contribution in [0.5, 0.6) is 0 Å². The molecule has 11 heteroatoms. The lowest BCUT2D eigenvalue weighted by Crippen LogP contribution is -2.59. The van der Waals surface area contributed by atoms with E-state index in [9.17, 15) is 14.4 Å². The summed E-state index contributed by atoms with van der Waals surface area (Å²) >= 11 is 3.41. The van der Waals surface area contributed by atoms with Gasteiger partial charge in [-0.3, -0.25) is 9.59 Å². The highest BCUT2D eigenvalue weighted by Crippen LogP contribution is 2.36. The van der Waals surface area contributed by atoms with Crippen LogP contribution in [0, 0.1) is 13.8 Å². The van der Waals surface area contributed by atoms with Gasteiger partial charge in [0.1, 0.15) is 17.3 Å². The molecule has 0 N–H and O–H groups in total. The molecule has 41 heavy (non-hydrogen) atoms. The van der Waals surface area contributed by atoms with Crippen molar-refractivity contribution in [3.8, 4) is 0 Å². The van der Waals surface area contributed by atoms with Crippen LogP contribution in [0.25, 0.3) is 11.0 Å². The third-order valence-corrected chi connectivity index (χ3v) is 8.63. The molecule has 212 valence electrons. The molecule has 2 amide bonds. The van der Waals surface area contributed by atoms with Crippen molar-refractivity contribution in [3.05, 3.63) is 85.9 Å². The van der Waals surface area contributed by atoms with Crippen molar-refractivity contribution in [1.82, 2.24) is 19.9 Å². The zero-order valence-electron chi connectivity index (χ0n) is 22.8. The van der Waals surface area contributed by atoms with E-state index in [0.717, 1.165) is 33.1 Å². The van der Waals surface area contributed by atoms with Gasteiger partial charge in [0.15, 0.2) is 5.67 Å². The normalized spacial score (nSPS) is 18.5. The van der Waals surface area contributed by atoms with Gasteiger partial charge in [-0.1, -0.05) is 33.3 Å². The number of benzene rings is 2. The van der Waals surface area contributed by atoms with Crippen LogP contribution in [0.1, 0.15) is 47.7 Å². The summed E-state index contributed by atoms with van der Waals surface area (Å²) in [7, 11) is 0. The number of likely N-dealkylation sites (tertiary alicyclic amines) is 1. The molecule has 2 saturated heterocycles. The maximum Gasteiger partial charge on any atom is 0.339 e. The number of carbonyl (C=O) groups is 2. The van der Waals surface area contributed by atoms with Crippen molar-refractivity contribution in [2.45, 2.75) is 51.2 Å². The van der Waals surface area contributed by atoms with Crippen LogP contribution in [0.2, 0.25) is 0 Å². The maximum atomic E-state index is 15.7. The van der Waals surface area contributed by atoms with E-state index in [1.807, 2.05) is 56.3 Å². The number of nitrogens with zero attached hydrogens (tertiary/aromatic N) is 5. The molecule has 0 aliphatic carbocycles. The van der Waals surface area contributed by atoms with Crippen LogP contribution in [0.15, 0.2) is 62.3 Å². The van der Waals surface area contributed by atoms with Gasteiger partial charge >= 0.3 is 5.63 Å². The molecule has 4 heterocycles. The fourth-order valence-electron chi connectivity index (χ4n) is 5.69. The molecule has 2 aromatic carbocycles. The van der Waals surface area contributed by atoms with Gasteiger partial charge in [-0.25, -0.2) is 13.9 Å². The van der Waals surface area contributed by atoms with Gasteiger partial charge < -0.3 is 14.2 Å². The Morgan fingerprint density at radius 1 is 1.15 bits per heavy atom. The first kappa shape index (κ1) is 27.3. The number of aromatic nitrogens is 3. The molecule has 2 aromatic heterocycles. The zero-order chi connectivity index (χ0) is 28.9. The molecule has 9 nitrogen and oxygen atoms in total. The fourth-order valence-corrected chi connectivity index (χ4v) is 5.96. The van der Waals surface area contributed by atoms with Gasteiger partial charge in [0.05, 0.1) is 19.3 Å². The molecule has 2 aliphatic heterocycles. The van der Waals surface area contributed by atoms with Crippen LogP contribution in [0.3, 0.4) is 0 Å². The smallest absolute Gasteiger partial charge is 0.339 e. The van der Waals surface area contributed by atoms with E-state index in [4.69, 9.17) is 4.42 Å². The number of alkyl halides is 1. The van der Waals surface area contributed by atoms with E-state index in [0.29, 0.717) is 24.1 Å². The number of amides is 2. The lowest BCUT2D eigenvalue weighted by atomic mass is 9.92. The van der Waals surface area contributed by atoms with Gasteiger partial charge in [-0.05, 0) is 74.6 Å². The number of hydrogen-bond donors (Lipinski definition) is 0. The SMILES string of the molecule is Cc1ccc2c(C)c(CCC(=O)N3CC(F)(c4cn(C5CCCN(c6ccc(Br)cc6)C5=O)nn4)C3)c(=O)oc2c1. The zero-order valence-corrected chi connectivity index (χ0v) is 24.4. The van der Waals surface area contributed by atoms with E-state index in [1.54, 1.807) is 4.90 Å². The molecule has 0 spiro atoms. The second-order valence-electron chi connectivity index (χ2n) is 10.9. The minimum Gasteiger partial charge on any atom is -0.423 e. The van der Waals surface area contributed by atoms with Gasteiger partial charge in [0, 0.05) is 34.1 Å². The van der Waals surface area contributed by atoms with Crippen molar-refractivity contribution in [3.63, 3.8) is 0 Å². The Labute approximate surface area is 244 Å². The fraction of sp³-hybridized carbons (Fsp3) is 0.367. The van der Waals surface area contributed by atoms with Crippen molar-refractivity contribution < 1.29 is 18.4 Å². The van der Waals surface area contributed by atoms with E-state index in [1.165, 1.54) is 15.8 Å². The second kappa shape index (κ2) is 10.5. The van der Waals surface area contributed by atoms with Gasteiger partial charge in [0.25, 0.3) is 5.91 Å². The van der Waals surface area contributed by atoms with Crippen molar-refractivity contribution in [1.29, 1.82) is 0 Å². The van der Waals surface area contributed by atoms with Crippen LogP contribution in [0.4, 0.5) is 10.1 Å². The van der Waals surface area contributed by atoms with E-state index >= 15 is 4.39 Å².